The summed E-state index contributed by atoms with van der Waals surface area (Å²) in [4.78, 5) is 26.2. The fourth-order valence-electron chi connectivity index (χ4n) is 3.30. The van der Waals surface area contributed by atoms with E-state index in [0.717, 1.165) is 31.2 Å². The Hall–Kier alpha value is -2.10. The lowest BCUT2D eigenvalue weighted by Crippen LogP contribution is -2.40. The molecule has 0 radical (unpaired) electrons. The maximum Gasteiger partial charge on any atom is 0.307 e. The first kappa shape index (κ1) is 19.2. The van der Waals surface area contributed by atoms with E-state index in [0.29, 0.717) is 6.54 Å². The van der Waals surface area contributed by atoms with Crippen LogP contribution in [0.4, 0.5) is 0 Å². The summed E-state index contributed by atoms with van der Waals surface area (Å²) in [5.74, 6) is -0.287. The van der Waals surface area contributed by atoms with Gasteiger partial charge in [-0.1, -0.05) is 55.5 Å². The minimum absolute atomic E-state index is 0.0172. The predicted molar refractivity (Wildman–Crippen MR) is 100 cm³/mol. The largest absolute Gasteiger partial charge is 0.469 e. The summed E-state index contributed by atoms with van der Waals surface area (Å²) in [5.41, 5.74) is 2.20. The minimum atomic E-state index is -0.270. The second-order valence-electron chi connectivity index (χ2n) is 6.75. The SMILES string of the molecule is COC(=O)CCN(C(=O)/C=C/c1ccc(C)cc1)C1CCCCCC1. The molecule has 0 N–H and O–H groups in total. The minimum Gasteiger partial charge on any atom is -0.469 e. The highest BCUT2D eigenvalue weighted by molar-refractivity contribution is 5.92. The number of carbonyl (C=O) groups excluding carboxylic acids is 2. The molecule has 1 fully saturated rings. The Balaban J connectivity index is 2.07. The third kappa shape index (κ3) is 6.37. The Morgan fingerprint density at radius 2 is 1.76 bits per heavy atom. The summed E-state index contributed by atoms with van der Waals surface area (Å²) < 4.78 is 4.74. The van der Waals surface area contributed by atoms with Crippen LogP contribution in [0.5, 0.6) is 0 Å². The number of aryl methyl sites for hydroxylation is 1. The van der Waals surface area contributed by atoms with Crippen molar-refractivity contribution in [2.24, 2.45) is 0 Å². The lowest BCUT2D eigenvalue weighted by molar-refractivity contribution is -0.141. The molecule has 25 heavy (non-hydrogen) atoms. The summed E-state index contributed by atoms with van der Waals surface area (Å²) in [6, 6.07) is 8.30. The van der Waals surface area contributed by atoms with E-state index in [2.05, 4.69) is 0 Å². The third-order valence-electron chi connectivity index (χ3n) is 4.83. The maximum atomic E-state index is 12.8. The van der Waals surface area contributed by atoms with E-state index in [4.69, 9.17) is 4.74 Å². The van der Waals surface area contributed by atoms with E-state index in [-0.39, 0.29) is 24.3 Å². The van der Waals surface area contributed by atoms with Gasteiger partial charge in [-0.2, -0.15) is 0 Å². The molecule has 2 rings (SSSR count). The number of nitrogens with zero attached hydrogens (tertiary/aromatic N) is 1. The number of hydrogen-bond acceptors (Lipinski definition) is 3. The Labute approximate surface area is 150 Å². The van der Waals surface area contributed by atoms with Crippen molar-refractivity contribution in [3.63, 3.8) is 0 Å². The van der Waals surface area contributed by atoms with Crippen molar-refractivity contribution in [2.75, 3.05) is 13.7 Å². The number of benzene rings is 1. The normalized spacial score (nSPS) is 15.8. The third-order valence-corrected chi connectivity index (χ3v) is 4.83. The smallest absolute Gasteiger partial charge is 0.307 e. The highest BCUT2D eigenvalue weighted by atomic mass is 16.5. The Morgan fingerprint density at radius 3 is 2.36 bits per heavy atom. The molecule has 1 aromatic rings. The quantitative estimate of drug-likeness (QED) is 0.443. The van der Waals surface area contributed by atoms with Gasteiger partial charge in [0.1, 0.15) is 0 Å². The van der Waals surface area contributed by atoms with Gasteiger partial charge >= 0.3 is 5.97 Å². The average molecular weight is 343 g/mol. The zero-order valence-corrected chi connectivity index (χ0v) is 15.4. The van der Waals surface area contributed by atoms with E-state index >= 15 is 0 Å². The first-order valence-electron chi connectivity index (χ1n) is 9.22. The van der Waals surface area contributed by atoms with Crippen LogP contribution in [0, 0.1) is 6.92 Å². The second kappa shape index (κ2) is 10.0. The van der Waals surface area contributed by atoms with Crippen LogP contribution in [-0.4, -0.2) is 36.5 Å². The number of hydrogen-bond donors (Lipinski definition) is 0. The second-order valence-corrected chi connectivity index (χ2v) is 6.75. The van der Waals surface area contributed by atoms with E-state index < -0.39 is 0 Å². The first-order valence-corrected chi connectivity index (χ1v) is 9.22. The number of rotatable bonds is 6. The topological polar surface area (TPSA) is 46.6 Å². The highest BCUT2D eigenvalue weighted by Crippen LogP contribution is 2.22. The molecule has 1 aliphatic rings. The van der Waals surface area contributed by atoms with Crippen LogP contribution in [0.25, 0.3) is 6.08 Å². The highest BCUT2D eigenvalue weighted by Gasteiger charge is 2.23. The summed E-state index contributed by atoms with van der Waals surface area (Å²) in [7, 11) is 1.39. The molecule has 4 nitrogen and oxygen atoms in total. The summed E-state index contributed by atoms with van der Waals surface area (Å²) in [5, 5.41) is 0. The first-order chi connectivity index (χ1) is 12.1. The van der Waals surface area contributed by atoms with Crippen LogP contribution >= 0.6 is 0 Å². The summed E-state index contributed by atoms with van der Waals surface area (Å²) in [6.45, 7) is 2.47. The molecule has 0 saturated heterocycles. The van der Waals surface area contributed by atoms with E-state index in [1.54, 1.807) is 6.08 Å². The molecule has 1 aliphatic carbocycles. The lowest BCUT2D eigenvalue weighted by atomic mass is 10.1. The van der Waals surface area contributed by atoms with Gasteiger partial charge < -0.3 is 9.64 Å². The Morgan fingerprint density at radius 1 is 1.12 bits per heavy atom. The van der Waals surface area contributed by atoms with Gasteiger partial charge in [0.05, 0.1) is 13.5 Å². The lowest BCUT2D eigenvalue weighted by Gasteiger charge is -2.30. The van der Waals surface area contributed by atoms with Crippen molar-refractivity contribution in [1.82, 2.24) is 4.90 Å². The molecule has 1 saturated carbocycles. The van der Waals surface area contributed by atoms with Crippen LogP contribution in [0.15, 0.2) is 30.3 Å². The summed E-state index contributed by atoms with van der Waals surface area (Å²) in [6.07, 6.45) is 10.5. The molecule has 0 bridgehead atoms. The molecule has 1 aromatic carbocycles. The fraction of sp³-hybridized carbons (Fsp3) is 0.524. The Bertz CT molecular complexity index is 584. The van der Waals surface area contributed by atoms with Crippen LogP contribution in [0.3, 0.4) is 0 Å². The van der Waals surface area contributed by atoms with Gasteiger partial charge in [-0.05, 0) is 31.4 Å². The van der Waals surface area contributed by atoms with Crippen molar-refractivity contribution < 1.29 is 14.3 Å². The number of methoxy groups -OCH3 is 1. The number of carbonyl (C=O) groups is 2. The molecule has 0 atom stereocenters. The summed E-state index contributed by atoms with van der Waals surface area (Å²) >= 11 is 0. The van der Waals surface area contributed by atoms with Crippen molar-refractivity contribution >= 4 is 18.0 Å². The van der Waals surface area contributed by atoms with Gasteiger partial charge in [0.25, 0.3) is 0 Å². The number of ether oxygens (including phenoxy) is 1. The van der Waals surface area contributed by atoms with Crippen LogP contribution in [0.2, 0.25) is 0 Å². The molecule has 0 aliphatic heterocycles. The number of esters is 1. The van der Waals surface area contributed by atoms with Crippen LogP contribution in [0.1, 0.15) is 56.1 Å². The molecule has 1 amide bonds. The van der Waals surface area contributed by atoms with Crippen molar-refractivity contribution in [2.45, 2.75) is 57.9 Å². The average Bonchev–Trinajstić information content (AvgIpc) is 2.90. The molecule has 0 spiro atoms. The monoisotopic (exact) mass is 343 g/mol. The van der Waals surface area contributed by atoms with Crippen molar-refractivity contribution in [1.29, 1.82) is 0 Å². The van der Waals surface area contributed by atoms with Gasteiger partial charge in [-0.15, -0.1) is 0 Å². The number of amides is 1. The fourth-order valence-corrected chi connectivity index (χ4v) is 3.30. The molecule has 0 aromatic heterocycles. The molecular formula is C21H29NO3. The molecule has 0 unspecified atom stereocenters. The van der Waals surface area contributed by atoms with Gasteiger partial charge in [-0.25, -0.2) is 0 Å². The Kier molecular flexibility index (Phi) is 7.71. The molecular weight excluding hydrogens is 314 g/mol. The van der Waals surface area contributed by atoms with Gasteiger partial charge in [-0.3, -0.25) is 9.59 Å². The maximum absolute atomic E-state index is 12.8. The predicted octanol–water partition coefficient (Wildman–Crippen LogP) is 4.12. The van der Waals surface area contributed by atoms with E-state index in [9.17, 15) is 9.59 Å². The van der Waals surface area contributed by atoms with E-state index in [1.165, 1.54) is 25.5 Å². The molecule has 4 heteroatoms. The zero-order valence-electron chi connectivity index (χ0n) is 15.4. The zero-order chi connectivity index (χ0) is 18.1. The van der Waals surface area contributed by atoms with Crippen molar-refractivity contribution in [3.8, 4) is 0 Å². The van der Waals surface area contributed by atoms with E-state index in [1.807, 2.05) is 42.2 Å². The van der Waals surface area contributed by atoms with Gasteiger partial charge in [0, 0.05) is 18.7 Å². The van der Waals surface area contributed by atoms with Crippen molar-refractivity contribution in [3.05, 3.63) is 41.5 Å². The van der Waals surface area contributed by atoms with Gasteiger partial charge in [0.15, 0.2) is 0 Å². The standard InChI is InChI=1S/C21H29NO3/c1-17-9-11-18(12-10-17)13-14-20(23)22(16-15-21(24)25-2)19-7-5-3-4-6-8-19/h9-14,19H,3-8,15-16H2,1-2H3/b14-13+. The van der Waals surface area contributed by atoms with Gasteiger partial charge in [0.2, 0.25) is 5.91 Å². The molecule has 0 heterocycles. The molecule has 136 valence electrons. The van der Waals surface area contributed by atoms with Crippen LogP contribution in [-0.2, 0) is 14.3 Å². The van der Waals surface area contributed by atoms with Crippen LogP contribution < -0.4 is 0 Å².